The molecule has 0 spiro atoms. The van der Waals surface area contributed by atoms with E-state index < -0.39 is 0 Å². The van der Waals surface area contributed by atoms with Crippen molar-refractivity contribution in [2.24, 2.45) is 0 Å². The second kappa shape index (κ2) is 4.96. The molecule has 1 N–H and O–H groups in total. The molecule has 0 aliphatic rings. The first kappa shape index (κ1) is 11.8. The van der Waals surface area contributed by atoms with Crippen LogP contribution in [0, 0.1) is 0 Å². The van der Waals surface area contributed by atoms with E-state index in [0.29, 0.717) is 5.69 Å². The van der Waals surface area contributed by atoms with Gasteiger partial charge < -0.3 is 0 Å². The molecule has 0 atom stereocenters. The molecule has 2 aromatic rings. The highest BCUT2D eigenvalue weighted by Gasteiger charge is 2.03. The second-order valence-corrected chi connectivity index (χ2v) is 3.20. The van der Waals surface area contributed by atoms with E-state index in [0.717, 1.165) is 5.56 Å². The molecular weight excluding hydrogens is 235 g/mol. The van der Waals surface area contributed by atoms with Crippen molar-refractivity contribution >= 4 is 24.0 Å². The number of benzene rings is 1. The summed E-state index contributed by atoms with van der Waals surface area (Å²) in [6.07, 6.45) is 0. The van der Waals surface area contributed by atoms with Gasteiger partial charge in [-0.1, -0.05) is 41.9 Å². The van der Waals surface area contributed by atoms with Gasteiger partial charge >= 0.3 is 0 Å². The van der Waals surface area contributed by atoms with Crippen molar-refractivity contribution in [3.63, 3.8) is 0 Å². The summed E-state index contributed by atoms with van der Waals surface area (Å²) in [5.41, 5.74) is 0.986. The largest absolute Gasteiger partial charge is 0.287 e. The van der Waals surface area contributed by atoms with Gasteiger partial charge in [0.25, 0.3) is 0 Å². The lowest BCUT2D eigenvalue weighted by Gasteiger charge is -1.98. The zero-order chi connectivity index (χ0) is 9.97. The topological polar surface area (TPSA) is 45.8 Å². The van der Waals surface area contributed by atoms with Gasteiger partial charge in [-0.15, -0.1) is 12.4 Å². The minimum absolute atomic E-state index is 0. The number of nitrogens with one attached hydrogen (secondary N) is 1. The Morgan fingerprint density at radius 3 is 2.47 bits per heavy atom. The first-order valence-electron chi connectivity index (χ1n) is 4.08. The molecular formula is C10H8Cl2N2O. The minimum Gasteiger partial charge on any atom is -0.287 e. The van der Waals surface area contributed by atoms with Crippen LogP contribution >= 0.6 is 24.0 Å². The van der Waals surface area contributed by atoms with Crippen LogP contribution in [0.1, 0.15) is 0 Å². The zero-order valence-corrected chi connectivity index (χ0v) is 9.18. The molecule has 0 radical (unpaired) electrons. The predicted molar refractivity (Wildman–Crippen MR) is 62.6 cm³/mol. The molecule has 0 bridgehead atoms. The fourth-order valence-electron chi connectivity index (χ4n) is 1.18. The summed E-state index contributed by atoms with van der Waals surface area (Å²) in [7, 11) is 0. The maximum absolute atomic E-state index is 11.5. The normalized spacial score (nSPS) is 9.40. The molecule has 1 heterocycles. The predicted octanol–water partition coefficient (Wildman–Crippen LogP) is 2.51. The lowest BCUT2D eigenvalue weighted by Crippen LogP contribution is -2.07. The Hall–Kier alpha value is -1.32. The van der Waals surface area contributed by atoms with Crippen LogP contribution < -0.4 is 5.43 Å². The number of rotatable bonds is 1. The molecule has 0 saturated heterocycles. The van der Waals surface area contributed by atoms with Crippen molar-refractivity contribution in [1.82, 2.24) is 10.2 Å². The summed E-state index contributed by atoms with van der Waals surface area (Å²) in [5, 5.41) is 6.68. The fourth-order valence-corrected chi connectivity index (χ4v) is 1.32. The van der Waals surface area contributed by atoms with Gasteiger partial charge in [0.1, 0.15) is 10.8 Å². The SMILES string of the molecule is Cl.O=c1cc(Cl)[nH]nc1-c1ccccc1. The van der Waals surface area contributed by atoms with Gasteiger partial charge in [0, 0.05) is 11.6 Å². The lowest BCUT2D eigenvalue weighted by atomic mass is 10.1. The van der Waals surface area contributed by atoms with Crippen LogP contribution in [-0.4, -0.2) is 10.2 Å². The molecule has 1 aromatic heterocycles. The fraction of sp³-hybridized carbons (Fsp3) is 0. The maximum atomic E-state index is 11.5. The van der Waals surface area contributed by atoms with Crippen LogP contribution in [0.4, 0.5) is 0 Å². The maximum Gasteiger partial charge on any atom is 0.209 e. The van der Waals surface area contributed by atoms with Crippen molar-refractivity contribution < 1.29 is 0 Å². The van der Waals surface area contributed by atoms with Crippen molar-refractivity contribution in [3.05, 3.63) is 51.8 Å². The lowest BCUT2D eigenvalue weighted by molar-refractivity contribution is 1.03. The summed E-state index contributed by atoms with van der Waals surface area (Å²) in [4.78, 5) is 11.5. The van der Waals surface area contributed by atoms with E-state index in [1.807, 2.05) is 30.3 Å². The molecule has 5 heteroatoms. The van der Waals surface area contributed by atoms with Crippen LogP contribution in [0.5, 0.6) is 0 Å². The van der Waals surface area contributed by atoms with Crippen LogP contribution in [0.15, 0.2) is 41.2 Å². The van der Waals surface area contributed by atoms with Crippen molar-refractivity contribution in [2.75, 3.05) is 0 Å². The molecule has 15 heavy (non-hydrogen) atoms. The first-order valence-corrected chi connectivity index (χ1v) is 4.46. The summed E-state index contributed by atoms with van der Waals surface area (Å²) >= 11 is 5.59. The average molecular weight is 243 g/mol. The number of H-pyrrole nitrogens is 1. The number of aromatic amines is 1. The summed E-state index contributed by atoms with van der Waals surface area (Å²) < 4.78 is 0. The highest BCUT2D eigenvalue weighted by atomic mass is 35.5. The number of halogens is 2. The quantitative estimate of drug-likeness (QED) is 0.836. The number of aromatic nitrogens is 2. The smallest absolute Gasteiger partial charge is 0.209 e. The Balaban J connectivity index is 0.00000112. The highest BCUT2D eigenvalue weighted by Crippen LogP contribution is 2.11. The van der Waals surface area contributed by atoms with Crippen LogP contribution in [0.2, 0.25) is 5.15 Å². The highest BCUT2D eigenvalue weighted by molar-refractivity contribution is 6.29. The van der Waals surface area contributed by atoms with E-state index in [9.17, 15) is 4.79 Å². The number of nitrogens with zero attached hydrogens (tertiary/aromatic N) is 1. The van der Waals surface area contributed by atoms with E-state index in [1.165, 1.54) is 6.07 Å². The van der Waals surface area contributed by atoms with Gasteiger partial charge in [-0.2, -0.15) is 5.10 Å². The zero-order valence-electron chi connectivity index (χ0n) is 7.61. The van der Waals surface area contributed by atoms with Crippen LogP contribution in [-0.2, 0) is 0 Å². The van der Waals surface area contributed by atoms with Gasteiger partial charge in [-0.05, 0) is 0 Å². The van der Waals surface area contributed by atoms with Crippen molar-refractivity contribution in [3.8, 4) is 11.3 Å². The Kier molecular flexibility index (Phi) is 3.88. The third kappa shape index (κ3) is 2.58. The Morgan fingerprint density at radius 2 is 1.87 bits per heavy atom. The molecule has 78 valence electrons. The summed E-state index contributed by atoms with van der Waals surface area (Å²) in [6, 6.07) is 10.6. The standard InChI is InChI=1S/C10H7ClN2O.ClH/c11-9-6-8(14)10(13-12-9)7-4-2-1-3-5-7;/h1-6H,(H,12,14);1H. The Bertz CT molecular complexity index is 496. The van der Waals surface area contributed by atoms with Gasteiger partial charge in [0.15, 0.2) is 0 Å². The monoisotopic (exact) mass is 242 g/mol. The third-order valence-corrected chi connectivity index (χ3v) is 2.01. The molecule has 0 fully saturated rings. The molecule has 0 unspecified atom stereocenters. The molecule has 2 rings (SSSR count). The molecule has 0 saturated carbocycles. The molecule has 0 aliphatic heterocycles. The summed E-state index contributed by atoms with van der Waals surface area (Å²) in [6.45, 7) is 0. The van der Waals surface area contributed by atoms with E-state index >= 15 is 0 Å². The Morgan fingerprint density at radius 1 is 1.20 bits per heavy atom. The van der Waals surface area contributed by atoms with Gasteiger partial charge in [0.05, 0.1) is 0 Å². The van der Waals surface area contributed by atoms with E-state index in [1.54, 1.807) is 0 Å². The van der Waals surface area contributed by atoms with E-state index in [2.05, 4.69) is 10.2 Å². The molecule has 0 amide bonds. The van der Waals surface area contributed by atoms with E-state index in [4.69, 9.17) is 11.6 Å². The minimum atomic E-state index is -0.181. The summed E-state index contributed by atoms with van der Waals surface area (Å²) in [5.74, 6) is 0. The van der Waals surface area contributed by atoms with E-state index in [-0.39, 0.29) is 23.0 Å². The van der Waals surface area contributed by atoms with Gasteiger partial charge in [-0.3, -0.25) is 9.89 Å². The molecule has 1 aromatic carbocycles. The van der Waals surface area contributed by atoms with Gasteiger partial charge in [0.2, 0.25) is 5.43 Å². The molecule has 0 aliphatic carbocycles. The first-order chi connectivity index (χ1) is 6.77. The third-order valence-electron chi connectivity index (χ3n) is 1.81. The van der Waals surface area contributed by atoms with Crippen molar-refractivity contribution in [2.45, 2.75) is 0 Å². The molecule has 3 nitrogen and oxygen atoms in total. The van der Waals surface area contributed by atoms with Crippen LogP contribution in [0.3, 0.4) is 0 Å². The Labute approximate surface area is 97.5 Å². The van der Waals surface area contributed by atoms with Gasteiger partial charge in [-0.25, -0.2) is 0 Å². The average Bonchev–Trinajstić information content (AvgIpc) is 2.19. The van der Waals surface area contributed by atoms with Crippen molar-refractivity contribution in [1.29, 1.82) is 0 Å². The number of hydrogen-bond acceptors (Lipinski definition) is 2. The van der Waals surface area contributed by atoms with Crippen LogP contribution in [0.25, 0.3) is 11.3 Å². The second-order valence-electron chi connectivity index (χ2n) is 2.79. The number of hydrogen-bond donors (Lipinski definition) is 1.